The Morgan fingerprint density at radius 3 is 2.26 bits per heavy atom. The number of nitrogens with zero attached hydrogens (tertiary/aromatic N) is 5. The van der Waals surface area contributed by atoms with Crippen LogP contribution in [0.2, 0.25) is 0 Å². The van der Waals surface area contributed by atoms with Crippen molar-refractivity contribution >= 4 is 28.9 Å². The summed E-state index contributed by atoms with van der Waals surface area (Å²) in [5.41, 5.74) is 5.65. The number of alkyl halides is 3. The maximum absolute atomic E-state index is 13.6. The van der Waals surface area contributed by atoms with Gasteiger partial charge in [-0.2, -0.15) is 13.2 Å². The third kappa shape index (κ3) is 6.35. The number of hydrogen-bond acceptors (Lipinski definition) is 6. The van der Waals surface area contributed by atoms with E-state index in [9.17, 15) is 22.8 Å². The van der Waals surface area contributed by atoms with E-state index in [1.807, 2.05) is 49.6 Å². The first-order chi connectivity index (χ1) is 17.8. The predicted octanol–water partition coefficient (Wildman–Crippen LogP) is 4.31. The second-order valence-electron chi connectivity index (χ2n) is 10.6. The van der Waals surface area contributed by atoms with Crippen molar-refractivity contribution in [2.45, 2.75) is 46.0 Å². The molecule has 0 radical (unpaired) electrons. The summed E-state index contributed by atoms with van der Waals surface area (Å²) in [7, 11) is 0. The summed E-state index contributed by atoms with van der Waals surface area (Å²) in [5.74, 6) is 0.0390. The Labute approximate surface area is 218 Å². The Morgan fingerprint density at radius 1 is 1.05 bits per heavy atom. The lowest BCUT2D eigenvalue weighted by atomic mass is 9.89. The zero-order chi connectivity index (χ0) is 27.7. The van der Waals surface area contributed by atoms with Crippen LogP contribution in [-0.2, 0) is 17.5 Å². The summed E-state index contributed by atoms with van der Waals surface area (Å²) in [6, 6.07) is 7.52. The summed E-state index contributed by atoms with van der Waals surface area (Å²) in [5, 5.41) is 0.777. The molecule has 9 nitrogen and oxygen atoms in total. The SMILES string of the molecule is CC(C)(C)CC(Cn1cc(C(=O)N2CCN(c3ncc(C(F)(F)F)cn3)CC2)c2ccccc21)OC(N)=O. The molecule has 1 aliphatic rings. The van der Waals surface area contributed by atoms with E-state index in [2.05, 4.69) is 9.97 Å². The molecule has 38 heavy (non-hydrogen) atoms. The second-order valence-corrected chi connectivity index (χ2v) is 10.6. The number of nitrogens with two attached hydrogens (primary N) is 1. The van der Waals surface area contributed by atoms with Gasteiger partial charge >= 0.3 is 12.3 Å². The molecule has 0 saturated carbocycles. The molecular weight excluding hydrogens is 501 g/mol. The first-order valence-electron chi connectivity index (χ1n) is 12.3. The molecule has 1 fully saturated rings. The molecule has 3 heterocycles. The minimum absolute atomic E-state index is 0.113. The standard InChI is InChI=1S/C26H31F3N6O3/c1-25(2,3)12-18(38-23(30)37)15-35-16-20(19-6-4-5-7-21(19)35)22(36)33-8-10-34(11-9-33)24-31-13-17(14-32-24)26(27,28)29/h4-7,13-14,16,18H,8-12,15H2,1-3H3,(H2,30,37). The number of fused-ring (bicyclic) bond motifs is 1. The second kappa shape index (κ2) is 10.5. The van der Waals surface area contributed by atoms with Crippen LogP contribution < -0.4 is 10.6 Å². The van der Waals surface area contributed by atoms with Crippen LogP contribution in [-0.4, -0.2) is 63.7 Å². The molecule has 1 saturated heterocycles. The third-order valence-electron chi connectivity index (χ3n) is 6.36. The number of ether oxygens (including phenoxy) is 1. The van der Waals surface area contributed by atoms with Crippen LogP contribution in [0.15, 0.2) is 42.9 Å². The molecule has 1 atom stereocenters. The molecule has 1 aromatic carbocycles. The number of aromatic nitrogens is 3. The molecule has 0 bridgehead atoms. The molecule has 1 unspecified atom stereocenters. The minimum atomic E-state index is -4.50. The Morgan fingerprint density at radius 2 is 1.68 bits per heavy atom. The summed E-state index contributed by atoms with van der Waals surface area (Å²) in [4.78, 5) is 36.3. The molecule has 12 heteroatoms. The van der Waals surface area contributed by atoms with Gasteiger partial charge in [-0.3, -0.25) is 4.79 Å². The van der Waals surface area contributed by atoms with E-state index in [0.717, 1.165) is 23.3 Å². The third-order valence-corrected chi connectivity index (χ3v) is 6.36. The van der Waals surface area contributed by atoms with Crippen LogP contribution in [0, 0.1) is 5.41 Å². The molecule has 1 aliphatic heterocycles. The minimum Gasteiger partial charge on any atom is -0.444 e. The number of carbonyl (C=O) groups excluding carboxylic acids is 2. The summed E-state index contributed by atoms with van der Waals surface area (Å²) >= 11 is 0. The maximum atomic E-state index is 13.6. The Hall–Kier alpha value is -3.83. The van der Waals surface area contributed by atoms with Crippen molar-refractivity contribution in [1.29, 1.82) is 0 Å². The van der Waals surface area contributed by atoms with Crippen molar-refractivity contribution in [2.24, 2.45) is 11.1 Å². The van der Waals surface area contributed by atoms with Crippen molar-refractivity contribution in [3.05, 3.63) is 54.0 Å². The van der Waals surface area contributed by atoms with Gasteiger partial charge in [0.1, 0.15) is 6.10 Å². The number of halogens is 3. The van der Waals surface area contributed by atoms with E-state index in [1.165, 1.54) is 0 Å². The highest BCUT2D eigenvalue weighted by Crippen LogP contribution is 2.29. The number of amides is 2. The van der Waals surface area contributed by atoms with Crippen LogP contribution >= 0.6 is 0 Å². The molecular formula is C26H31F3N6O3. The maximum Gasteiger partial charge on any atom is 0.419 e. The lowest BCUT2D eigenvalue weighted by molar-refractivity contribution is -0.138. The van der Waals surface area contributed by atoms with Gasteiger partial charge in [-0.05, 0) is 17.9 Å². The first kappa shape index (κ1) is 27.2. The highest BCUT2D eigenvalue weighted by Gasteiger charge is 2.32. The molecule has 204 valence electrons. The molecule has 2 N–H and O–H groups in total. The van der Waals surface area contributed by atoms with Crippen LogP contribution in [0.25, 0.3) is 10.9 Å². The average molecular weight is 533 g/mol. The van der Waals surface area contributed by atoms with E-state index >= 15 is 0 Å². The lowest BCUT2D eigenvalue weighted by Gasteiger charge is -2.34. The molecule has 2 aromatic heterocycles. The lowest BCUT2D eigenvalue weighted by Crippen LogP contribution is -2.49. The number of benzene rings is 1. The fraction of sp³-hybridized carbons (Fsp3) is 0.462. The number of carbonyl (C=O) groups is 2. The summed E-state index contributed by atoms with van der Waals surface area (Å²) < 4.78 is 45.7. The zero-order valence-corrected chi connectivity index (χ0v) is 21.5. The average Bonchev–Trinajstić information content (AvgIpc) is 3.20. The summed E-state index contributed by atoms with van der Waals surface area (Å²) in [6.07, 6.45) is -1.92. The Balaban J connectivity index is 1.50. The topological polar surface area (TPSA) is 107 Å². The van der Waals surface area contributed by atoms with Gasteiger partial charge in [0.2, 0.25) is 5.95 Å². The fourth-order valence-corrected chi connectivity index (χ4v) is 4.69. The number of hydrogen-bond donors (Lipinski definition) is 1. The number of piperazine rings is 1. The smallest absolute Gasteiger partial charge is 0.419 e. The van der Waals surface area contributed by atoms with Gasteiger partial charge in [0.15, 0.2) is 0 Å². The van der Waals surface area contributed by atoms with Gasteiger partial charge < -0.3 is 24.8 Å². The van der Waals surface area contributed by atoms with Crippen molar-refractivity contribution in [3.63, 3.8) is 0 Å². The van der Waals surface area contributed by atoms with E-state index in [-0.39, 0.29) is 17.3 Å². The van der Waals surface area contributed by atoms with Gasteiger partial charge in [-0.1, -0.05) is 39.0 Å². The van der Waals surface area contributed by atoms with Crippen LogP contribution in [0.4, 0.5) is 23.9 Å². The highest BCUT2D eigenvalue weighted by atomic mass is 19.4. The van der Waals surface area contributed by atoms with Crippen molar-refractivity contribution in [3.8, 4) is 0 Å². The van der Waals surface area contributed by atoms with Crippen molar-refractivity contribution in [1.82, 2.24) is 19.4 Å². The molecule has 3 aromatic rings. The van der Waals surface area contributed by atoms with E-state index in [4.69, 9.17) is 10.5 Å². The summed E-state index contributed by atoms with van der Waals surface area (Å²) in [6.45, 7) is 7.96. The van der Waals surface area contributed by atoms with Gasteiger partial charge in [0.25, 0.3) is 5.91 Å². The molecule has 0 spiro atoms. The van der Waals surface area contributed by atoms with E-state index in [1.54, 1.807) is 16.0 Å². The highest BCUT2D eigenvalue weighted by molar-refractivity contribution is 6.07. The van der Waals surface area contributed by atoms with E-state index in [0.29, 0.717) is 44.7 Å². The number of anilines is 1. The fourth-order valence-electron chi connectivity index (χ4n) is 4.69. The van der Waals surface area contributed by atoms with Crippen molar-refractivity contribution in [2.75, 3.05) is 31.1 Å². The van der Waals surface area contributed by atoms with Crippen LogP contribution in [0.3, 0.4) is 0 Å². The van der Waals surface area contributed by atoms with Gasteiger partial charge in [0, 0.05) is 55.7 Å². The molecule has 0 aliphatic carbocycles. The van der Waals surface area contributed by atoms with Crippen LogP contribution in [0.1, 0.15) is 43.1 Å². The predicted molar refractivity (Wildman–Crippen MR) is 136 cm³/mol. The quantitative estimate of drug-likeness (QED) is 0.507. The molecule has 2 amide bonds. The van der Waals surface area contributed by atoms with Crippen molar-refractivity contribution < 1.29 is 27.5 Å². The van der Waals surface area contributed by atoms with Crippen LogP contribution in [0.5, 0.6) is 0 Å². The number of rotatable bonds is 6. The van der Waals surface area contributed by atoms with Gasteiger partial charge in [0.05, 0.1) is 17.7 Å². The van der Waals surface area contributed by atoms with Gasteiger partial charge in [-0.25, -0.2) is 14.8 Å². The zero-order valence-electron chi connectivity index (χ0n) is 21.5. The normalized spacial score (nSPS) is 15.5. The number of para-hydroxylation sites is 1. The molecule has 4 rings (SSSR count). The van der Waals surface area contributed by atoms with Gasteiger partial charge in [-0.15, -0.1) is 0 Å². The Kier molecular flexibility index (Phi) is 7.52. The number of primary amides is 1. The Bertz CT molecular complexity index is 1290. The first-order valence-corrected chi connectivity index (χ1v) is 12.3. The van der Waals surface area contributed by atoms with E-state index < -0.39 is 23.9 Å². The largest absolute Gasteiger partial charge is 0.444 e. The monoisotopic (exact) mass is 532 g/mol.